The molecule has 20 nitrogen and oxygen atoms in total. The number of ketones is 1. The van der Waals surface area contributed by atoms with Gasteiger partial charge in [0.25, 0.3) is 0 Å². The Bertz CT molecular complexity index is 5660. The average molecular weight is 1970 g/mol. The van der Waals surface area contributed by atoms with Crippen LogP contribution in [0.25, 0.3) is 0 Å². The van der Waals surface area contributed by atoms with Crippen LogP contribution in [0.2, 0.25) is 0 Å². The number of amides is 6. The van der Waals surface area contributed by atoms with Crippen molar-refractivity contribution in [2.75, 3.05) is 92.3 Å². The Labute approximate surface area is 867 Å². The van der Waals surface area contributed by atoms with Crippen LogP contribution < -0.4 is 34.4 Å². The van der Waals surface area contributed by atoms with E-state index < -0.39 is 5.91 Å². The van der Waals surface area contributed by atoms with Crippen molar-refractivity contribution in [2.24, 2.45) is 93.1 Å². The number of methoxy groups -OCH3 is 1. The number of hydrogen-bond donors (Lipinski definition) is 6. The molecule has 144 heavy (non-hydrogen) atoms. The number of Topliss-reactive ketones (excluding diaryl/α,β-unsaturated/α-hetero) is 1. The first-order valence-electron chi connectivity index (χ1n) is 53.7. The average Bonchev–Trinajstić information content (AvgIpc) is 1.13. The molecule has 6 saturated heterocycles. The lowest BCUT2D eigenvalue weighted by atomic mass is 9.52. The molecule has 6 aromatic rings. The van der Waals surface area contributed by atoms with Crippen molar-refractivity contribution in [1.82, 2.24) is 29.4 Å². The van der Waals surface area contributed by atoms with E-state index in [-0.39, 0.29) is 111 Å². The molecule has 20 heteroatoms. The maximum atomic E-state index is 13.1. The van der Waals surface area contributed by atoms with Crippen LogP contribution in [0, 0.1) is 58.7 Å². The van der Waals surface area contributed by atoms with Gasteiger partial charge in [-0.2, -0.15) is 0 Å². The Hall–Kier alpha value is -8.73. The molecule has 790 valence electrons. The summed E-state index contributed by atoms with van der Waals surface area (Å²) < 4.78 is 5.26. The molecular weight excluding hydrogens is 1790 g/mol. The smallest absolute Gasteiger partial charge is 0.248 e. The molecule has 6 amide bonds. The molecular formula is C124H186N12O8. The minimum atomic E-state index is -0.426. The maximum Gasteiger partial charge on any atom is 0.248 e. The van der Waals surface area contributed by atoms with Gasteiger partial charge in [0.05, 0.1) is 12.6 Å². The van der Waals surface area contributed by atoms with Crippen LogP contribution in [0.3, 0.4) is 0 Å². The van der Waals surface area contributed by atoms with Gasteiger partial charge in [-0.05, 0) is 395 Å². The molecule has 6 aliphatic heterocycles. The summed E-state index contributed by atoms with van der Waals surface area (Å²) in [6.07, 6.45) is 31.3. The topological polar surface area (TPSA) is 304 Å². The number of piperidine rings is 6. The second-order valence-corrected chi connectivity index (χ2v) is 48.9. The number of likely N-dealkylation sites (tertiary alicyclic amines) is 6. The largest absolute Gasteiger partial charge is 0.383 e. The fraction of sp³-hybridized carbons (Fsp3) is 0.637. The Kier molecular flexibility index (Phi) is 35.6. The Balaban J connectivity index is 0.000000153. The number of carbonyl (C=O) groups is 7. The van der Waals surface area contributed by atoms with Gasteiger partial charge >= 0.3 is 0 Å². The highest BCUT2D eigenvalue weighted by molar-refractivity contribution is 6.05. The Morgan fingerprint density at radius 1 is 0.368 bits per heavy atom. The molecule has 0 radical (unpaired) electrons. The van der Waals surface area contributed by atoms with Gasteiger partial charge in [-0.15, -0.1) is 0 Å². The molecule has 12 N–H and O–H groups in total. The van der Waals surface area contributed by atoms with Gasteiger partial charge in [-0.1, -0.05) is 201 Å². The molecule has 22 rings (SSSR count). The predicted octanol–water partition coefficient (Wildman–Crippen LogP) is 20.9. The zero-order valence-corrected chi connectivity index (χ0v) is 87.0. The number of hydrogen-bond acceptors (Lipinski definition) is 14. The molecule has 6 aromatic carbocycles. The van der Waals surface area contributed by atoms with E-state index in [0.717, 1.165) is 151 Å². The second-order valence-electron chi connectivity index (χ2n) is 48.9. The predicted molar refractivity (Wildman–Crippen MR) is 591 cm³/mol. The zero-order valence-electron chi connectivity index (χ0n) is 87.0. The summed E-state index contributed by atoms with van der Waals surface area (Å²) >= 11 is 0. The molecule has 10 aliphatic carbocycles. The number of allylic oxidation sites excluding steroid dienone is 1. The van der Waals surface area contributed by atoms with Crippen molar-refractivity contribution in [3.05, 3.63) is 221 Å². The fourth-order valence-electron chi connectivity index (χ4n) is 29.5. The van der Waals surface area contributed by atoms with Crippen LogP contribution in [0.1, 0.15) is 390 Å². The molecule has 1 unspecified atom stereocenters. The van der Waals surface area contributed by atoms with E-state index in [4.69, 9.17) is 39.1 Å². The van der Waals surface area contributed by atoms with Crippen LogP contribution in [0.5, 0.6) is 0 Å². The van der Waals surface area contributed by atoms with E-state index in [1.807, 2.05) is 48.5 Å². The minimum absolute atomic E-state index is 0. The number of primary amides is 6. The van der Waals surface area contributed by atoms with Gasteiger partial charge in [-0.3, -0.25) is 63.0 Å². The van der Waals surface area contributed by atoms with Crippen LogP contribution in [0.4, 0.5) is 0 Å². The summed E-state index contributed by atoms with van der Waals surface area (Å²) in [6, 6.07) is 39.1. The van der Waals surface area contributed by atoms with Gasteiger partial charge in [0.15, 0.2) is 5.78 Å². The first-order chi connectivity index (χ1) is 66.0. The van der Waals surface area contributed by atoms with Gasteiger partial charge in [0.1, 0.15) is 0 Å². The molecule has 18 atom stereocenters. The van der Waals surface area contributed by atoms with Crippen molar-refractivity contribution in [2.45, 2.75) is 357 Å². The van der Waals surface area contributed by atoms with E-state index in [0.29, 0.717) is 92.0 Å². The van der Waals surface area contributed by atoms with Crippen molar-refractivity contribution in [1.29, 1.82) is 0 Å². The van der Waals surface area contributed by atoms with Crippen LogP contribution in [-0.4, -0.2) is 199 Å². The number of rotatable bonds is 18. The third-order valence-corrected chi connectivity index (χ3v) is 39.7. The van der Waals surface area contributed by atoms with Crippen molar-refractivity contribution >= 4 is 41.2 Å². The quantitative estimate of drug-likeness (QED) is 0.0436. The van der Waals surface area contributed by atoms with Gasteiger partial charge in [0, 0.05) is 121 Å². The number of benzene rings is 6. The Morgan fingerprint density at radius 3 is 1.08 bits per heavy atom. The summed E-state index contributed by atoms with van der Waals surface area (Å²) in [4.78, 5) is 98.5. The summed E-state index contributed by atoms with van der Waals surface area (Å²) in [6.45, 7) is 49.2. The first kappa shape index (κ1) is 114. The molecule has 4 saturated carbocycles. The molecule has 12 bridgehead atoms. The summed E-state index contributed by atoms with van der Waals surface area (Å²) in [5, 5.41) is 0. The van der Waals surface area contributed by atoms with Crippen LogP contribution in [0.15, 0.2) is 121 Å². The highest BCUT2D eigenvalue weighted by Crippen LogP contribution is 2.59. The number of nitrogens with two attached hydrogens (primary N) is 6. The van der Waals surface area contributed by atoms with Crippen LogP contribution in [-0.2, 0) is 69.3 Å². The fourth-order valence-corrected chi connectivity index (χ4v) is 29.5. The third-order valence-electron chi connectivity index (χ3n) is 39.7. The first-order valence-corrected chi connectivity index (χ1v) is 53.7. The standard InChI is InChI=1S/C22H30N2O.C20H28N2O.C20H30N2O.C20H28N2O.C19H24N2O2.C18H26N2O2.5CH4/c23-21(25)17-8-7-16-13-20-18-6-1-2-9-22(18,19(16)12-17)10-11-24(20)14-15-4-3-5-15;1-13-18-11-15-6-7-16(19(21)23)10-17(15)20(13,2)8-9-22(18)12-14-4-3-5-14;1-13-17-11-14-6-7-15(18(21)23)10-16(14)20(13,5)8-9-22(17)12-19(2,3)4;1-13(2)7-9-22-10-8-20(4)14(3)18(22)12-15-5-6-16(19(21)23)11-17(15)20;1-11-16-17(22)14-6-5-13(18(20)23)9-15(14)19(11,2)7-8-21(16)10-12-3-4-12;1-12-16-11-13-4-5-14(17(19)21)10-15(13)18(12,2)6-7-20(16)8-9-22-3;;;;;/h7-8,12,15,18,20H,1-6,9-11,13-14H2,(H2,23,25);6-7,10,13-14,18H,3-5,8-9,11-12H2,1-2H3,(H2,21,23);6-7,10,13,17H,8-9,11-12H2,1-5H3,(H2,21,23);5-7,11,14,18H,8-10,12H2,1-4H3,(H2,21,23);5-6,9,11-12,16H,3-4,7-8,10H2,1-2H3,(H2,20,23);4-5,10,12,16H,6-9,11H2,1-3H3,(H2,19,21);5*1H4/t18?,20-,22-;13-,18+,20+;13-,17+,20+;14-,18+,20+;11-,16-,19+;12-,16+,18+;;;;;/m100000...../s1. The van der Waals surface area contributed by atoms with Crippen molar-refractivity contribution in [3.8, 4) is 0 Å². The second kappa shape index (κ2) is 45.0. The number of carbonyl (C=O) groups excluding carboxylic acids is 7. The number of ether oxygens (including phenoxy) is 1. The summed E-state index contributed by atoms with van der Waals surface area (Å²) in [7, 11) is 1.76. The maximum absolute atomic E-state index is 13.1. The number of fused-ring (bicyclic) bond motifs is 21. The zero-order chi connectivity index (χ0) is 99.2. The lowest BCUT2D eigenvalue weighted by Gasteiger charge is -2.59. The van der Waals surface area contributed by atoms with E-state index in [1.165, 1.54) is 184 Å². The van der Waals surface area contributed by atoms with E-state index in [1.54, 1.807) is 13.2 Å². The van der Waals surface area contributed by atoms with Gasteiger partial charge in [-0.25, -0.2) is 0 Å². The van der Waals surface area contributed by atoms with E-state index >= 15 is 0 Å². The lowest BCUT2D eigenvalue weighted by Crippen LogP contribution is -2.61. The SMILES string of the molecule is C.C.C.C.C.CC(C)=CCN1CC[C@@]2(C)c3cc(C(N)=O)ccc3C[C@@H]1[C@@H]2C.COCCN1CC[C@@]2(C)c3cc(C(N)=O)ccc3C[C@@H]1[C@@H]2C.C[C@H]1[C@H]2C(=O)c3ccc(C(N)=O)cc3[C@]1(C)CCN2CC1CC1.C[C@H]1[C@H]2Cc3ccc(C(N)=O)cc3[C@]1(C)CCN2CC(C)(C)C.C[C@H]1[C@H]2Cc3ccc(C(N)=O)cc3[C@]1(C)CCN2CC1CCC1.NC(=O)c1ccc2c(c1)[C@@]13CCCCC1[C@@H](C2)N(CC1CCC1)CC3. The minimum Gasteiger partial charge on any atom is -0.383 e. The molecule has 0 spiro atoms. The highest BCUT2D eigenvalue weighted by atomic mass is 16.5. The third kappa shape index (κ3) is 21.9. The summed E-state index contributed by atoms with van der Waals surface area (Å²) in [5.74, 6) is 4.31. The highest BCUT2D eigenvalue weighted by Gasteiger charge is 2.58. The van der Waals surface area contributed by atoms with Crippen molar-refractivity contribution in [3.63, 3.8) is 0 Å². The lowest BCUT2D eigenvalue weighted by molar-refractivity contribution is -0.0240. The normalized spacial score (nSPS) is 31.2. The molecule has 6 heterocycles. The monoisotopic (exact) mass is 1970 g/mol. The van der Waals surface area contributed by atoms with Gasteiger partial charge in [0.2, 0.25) is 35.4 Å². The van der Waals surface area contributed by atoms with Gasteiger partial charge < -0.3 is 39.1 Å². The molecule has 0 aromatic heterocycles. The van der Waals surface area contributed by atoms with E-state index in [9.17, 15) is 33.6 Å². The van der Waals surface area contributed by atoms with E-state index in [2.05, 4.69) is 194 Å². The van der Waals surface area contributed by atoms with Crippen LogP contribution >= 0.6 is 0 Å². The number of nitrogens with zero attached hydrogens (tertiary/aromatic N) is 6. The van der Waals surface area contributed by atoms with Crippen molar-refractivity contribution < 1.29 is 38.3 Å². The molecule has 10 fully saturated rings. The Morgan fingerprint density at radius 2 is 0.688 bits per heavy atom. The summed E-state index contributed by atoms with van der Waals surface area (Å²) in [5.41, 5.74) is 55.1. The molecule has 16 aliphatic rings.